The van der Waals surface area contributed by atoms with Gasteiger partial charge in [0.25, 0.3) is 5.91 Å². The zero-order chi connectivity index (χ0) is 16.2. The number of rotatable bonds is 4. The van der Waals surface area contributed by atoms with Crippen LogP contribution in [0.3, 0.4) is 0 Å². The molecule has 116 valence electrons. The highest BCUT2D eigenvalue weighted by atomic mass is 127. The van der Waals surface area contributed by atoms with Gasteiger partial charge in [-0.3, -0.25) is 4.79 Å². The summed E-state index contributed by atoms with van der Waals surface area (Å²) in [6, 6.07) is 9.44. The van der Waals surface area contributed by atoms with Gasteiger partial charge in [-0.05, 0) is 47.2 Å². The van der Waals surface area contributed by atoms with Crippen molar-refractivity contribution in [2.75, 3.05) is 0 Å². The van der Waals surface area contributed by atoms with E-state index in [9.17, 15) is 4.79 Å². The van der Waals surface area contributed by atoms with E-state index in [-0.39, 0.29) is 5.91 Å². The molecule has 0 fully saturated rings. The van der Waals surface area contributed by atoms with Crippen molar-refractivity contribution < 1.29 is 4.79 Å². The average molecular weight is 419 g/mol. The summed E-state index contributed by atoms with van der Waals surface area (Å²) in [5, 5.41) is 7.03. The molecule has 0 aliphatic carbocycles. The van der Waals surface area contributed by atoms with Gasteiger partial charge in [0.2, 0.25) is 0 Å². The summed E-state index contributed by atoms with van der Waals surface area (Å²) in [7, 11) is 0. The Morgan fingerprint density at radius 3 is 2.96 bits per heavy atom. The van der Waals surface area contributed by atoms with E-state index in [1.165, 1.54) is 6.33 Å². The molecule has 2 heterocycles. The lowest BCUT2D eigenvalue weighted by molar-refractivity contribution is 0.0950. The lowest BCUT2D eigenvalue weighted by Gasteiger charge is -2.11. The van der Waals surface area contributed by atoms with E-state index >= 15 is 0 Å². The number of aromatic nitrogens is 4. The van der Waals surface area contributed by atoms with Crippen LogP contribution < -0.4 is 5.32 Å². The van der Waals surface area contributed by atoms with Gasteiger partial charge in [-0.25, -0.2) is 14.6 Å². The van der Waals surface area contributed by atoms with Gasteiger partial charge in [0, 0.05) is 21.9 Å². The fourth-order valence-corrected chi connectivity index (χ4v) is 2.79. The molecule has 7 heteroatoms. The van der Waals surface area contributed by atoms with Crippen molar-refractivity contribution in [1.82, 2.24) is 25.1 Å². The maximum Gasteiger partial charge on any atom is 0.252 e. The second-order valence-electron chi connectivity index (χ2n) is 4.95. The second kappa shape index (κ2) is 6.86. The topological polar surface area (TPSA) is 72.7 Å². The van der Waals surface area contributed by atoms with Gasteiger partial charge >= 0.3 is 0 Å². The minimum Gasteiger partial charge on any atom is -0.348 e. The lowest BCUT2D eigenvalue weighted by atomic mass is 10.1. The number of carbonyl (C=O) groups is 1. The van der Waals surface area contributed by atoms with Gasteiger partial charge in [0.15, 0.2) is 5.82 Å². The molecule has 0 radical (unpaired) electrons. The summed E-state index contributed by atoms with van der Waals surface area (Å²) in [6.45, 7) is 2.36. The molecule has 1 amide bonds. The normalized spacial score (nSPS) is 10.5. The first-order valence-electron chi connectivity index (χ1n) is 6.99. The fraction of sp³-hybridized carbons (Fsp3) is 0.125. The van der Waals surface area contributed by atoms with E-state index in [1.54, 1.807) is 17.2 Å². The largest absolute Gasteiger partial charge is 0.348 e. The number of nitrogens with one attached hydrogen (secondary N) is 1. The van der Waals surface area contributed by atoms with Crippen LogP contribution in [-0.4, -0.2) is 25.7 Å². The first-order valence-corrected chi connectivity index (χ1v) is 8.07. The molecular formula is C16H14IN5O. The number of amides is 1. The first kappa shape index (κ1) is 15.6. The highest BCUT2D eigenvalue weighted by Gasteiger charge is 2.12. The Labute approximate surface area is 147 Å². The smallest absolute Gasteiger partial charge is 0.252 e. The molecule has 1 N–H and O–H groups in total. The van der Waals surface area contributed by atoms with Gasteiger partial charge in [-0.1, -0.05) is 18.2 Å². The van der Waals surface area contributed by atoms with Gasteiger partial charge in [-0.15, -0.1) is 0 Å². The van der Waals surface area contributed by atoms with E-state index in [4.69, 9.17) is 0 Å². The summed E-state index contributed by atoms with van der Waals surface area (Å²) >= 11 is 2.19. The van der Waals surface area contributed by atoms with E-state index in [0.29, 0.717) is 17.9 Å². The van der Waals surface area contributed by atoms with Crippen molar-refractivity contribution in [3.8, 4) is 5.82 Å². The second-order valence-corrected chi connectivity index (χ2v) is 6.02. The minimum absolute atomic E-state index is 0.105. The number of hydrogen-bond donors (Lipinski definition) is 1. The summed E-state index contributed by atoms with van der Waals surface area (Å²) in [6.07, 6.45) is 4.72. The van der Waals surface area contributed by atoms with Crippen molar-refractivity contribution in [1.29, 1.82) is 0 Å². The maximum absolute atomic E-state index is 12.4. The van der Waals surface area contributed by atoms with Crippen LogP contribution >= 0.6 is 22.6 Å². The van der Waals surface area contributed by atoms with Gasteiger partial charge in [0.05, 0.1) is 5.56 Å². The summed E-state index contributed by atoms with van der Waals surface area (Å²) in [5.74, 6) is 0.552. The number of benzene rings is 1. The van der Waals surface area contributed by atoms with Gasteiger partial charge < -0.3 is 5.32 Å². The monoisotopic (exact) mass is 419 g/mol. The zero-order valence-corrected chi connectivity index (χ0v) is 14.6. The zero-order valence-electron chi connectivity index (χ0n) is 12.4. The molecular weight excluding hydrogens is 405 g/mol. The van der Waals surface area contributed by atoms with E-state index in [2.05, 4.69) is 43.0 Å². The van der Waals surface area contributed by atoms with Crippen LogP contribution in [0.25, 0.3) is 5.82 Å². The fourth-order valence-electron chi connectivity index (χ4n) is 2.19. The van der Waals surface area contributed by atoms with Crippen LogP contribution in [0, 0.1) is 10.5 Å². The molecule has 0 saturated carbocycles. The molecule has 0 aliphatic rings. The number of halogens is 1. The van der Waals surface area contributed by atoms with E-state index in [0.717, 1.165) is 14.7 Å². The van der Waals surface area contributed by atoms with Crippen LogP contribution in [0.1, 0.15) is 21.5 Å². The van der Waals surface area contributed by atoms with E-state index < -0.39 is 0 Å². The lowest BCUT2D eigenvalue weighted by Crippen LogP contribution is -2.24. The number of hydrogen-bond acceptors (Lipinski definition) is 4. The van der Waals surface area contributed by atoms with Gasteiger partial charge in [-0.2, -0.15) is 5.10 Å². The Bertz CT molecular complexity index is 832. The molecule has 0 saturated heterocycles. The van der Waals surface area contributed by atoms with Gasteiger partial charge in [0.1, 0.15) is 12.7 Å². The molecule has 2 aromatic heterocycles. The van der Waals surface area contributed by atoms with Crippen LogP contribution in [0.4, 0.5) is 0 Å². The quantitative estimate of drug-likeness (QED) is 0.660. The average Bonchev–Trinajstić information content (AvgIpc) is 3.10. The number of aryl methyl sites for hydroxylation is 1. The molecule has 3 rings (SSSR count). The summed E-state index contributed by atoms with van der Waals surface area (Å²) in [4.78, 5) is 20.7. The van der Waals surface area contributed by atoms with Crippen molar-refractivity contribution in [2.45, 2.75) is 13.5 Å². The number of carbonyl (C=O) groups excluding carboxylic acids is 1. The third-order valence-corrected chi connectivity index (χ3v) is 4.81. The standard InChI is InChI=1S/C16H14IN5O/c1-11-4-2-6-13(14(11)17)16(23)20-8-12-5-3-7-19-15(12)22-10-18-9-21-22/h2-7,9-10H,8H2,1H3,(H,20,23). The molecule has 23 heavy (non-hydrogen) atoms. The van der Waals surface area contributed by atoms with Crippen molar-refractivity contribution in [3.05, 3.63) is 69.4 Å². The third-order valence-electron chi connectivity index (χ3n) is 3.38. The van der Waals surface area contributed by atoms with Crippen LogP contribution in [0.15, 0.2) is 49.2 Å². The van der Waals surface area contributed by atoms with Crippen LogP contribution in [0.5, 0.6) is 0 Å². The van der Waals surface area contributed by atoms with Crippen LogP contribution in [0.2, 0.25) is 0 Å². The predicted molar refractivity (Wildman–Crippen MR) is 94.2 cm³/mol. The highest BCUT2D eigenvalue weighted by molar-refractivity contribution is 14.1. The Hall–Kier alpha value is -2.29. The first-order chi connectivity index (χ1) is 11.2. The SMILES string of the molecule is Cc1cccc(C(=O)NCc2cccnc2-n2cncn2)c1I. The molecule has 0 bridgehead atoms. The number of pyridine rings is 1. The van der Waals surface area contributed by atoms with Crippen molar-refractivity contribution in [2.24, 2.45) is 0 Å². The van der Waals surface area contributed by atoms with Crippen molar-refractivity contribution in [3.63, 3.8) is 0 Å². The maximum atomic E-state index is 12.4. The highest BCUT2D eigenvalue weighted by Crippen LogP contribution is 2.17. The molecule has 0 atom stereocenters. The summed E-state index contributed by atoms with van der Waals surface area (Å²) < 4.78 is 2.54. The third kappa shape index (κ3) is 3.39. The molecule has 0 spiro atoms. The Morgan fingerprint density at radius 2 is 2.17 bits per heavy atom. The Balaban J connectivity index is 1.79. The predicted octanol–water partition coefficient (Wildman–Crippen LogP) is 2.51. The molecule has 0 unspecified atom stereocenters. The van der Waals surface area contributed by atoms with E-state index in [1.807, 2.05) is 37.3 Å². The minimum atomic E-state index is -0.105. The molecule has 3 aromatic rings. The van der Waals surface area contributed by atoms with Crippen LogP contribution in [-0.2, 0) is 6.54 Å². The Morgan fingerprint density at radius 1 is 1.30 bits per heavy atom. The molecule has 0 aliphatic heterocycles. The molecule has 1 aromatic carbocycles. The van der Waals surface area contributed by atoms with Crippen molar-refractivity contribution >= 4 is 28.5 Å². The molecule has 6 nitrogen and oxygen atoms in total. The Kier molecular flexibility index (Phi) is 4.65. The number of nitrogens with zero attached hydrogens (tertiary/aromatic N) is 4. The summed E-state index contributed by atoms with van der Waals surface area (Å²) in [5.41, 5.74) is 2.63.